The number of pyridine rings is 1. The highest BCUT2D eigenvalue weighted by atomic mass is 16.1. The van der Waals surface area contributed by atoms with Crippen molar-refractivity contribution < 1.29 is 0 Å². The van der Waals surface area contributed by atoms with Gasteiger partial charge in [0.05, 0.1) is 16.6 Å². The topological polar surface area (TPSA) is 51.3 Å². The molecule has 0 radical (unpaired) electrons. The van der Waals surface area contributed by atoms with Crippen LogP contribution in [0, 0.1) is 0 Å². The fraction of sp³-hybridized carbons (Fsp3) is 0.286. The van der Waals surface area contributed by atoms with Gasteiger partial charge in [-0.25, -0.2) is 0 Å². The van der Waals surface area contributed by atoms with Crippen LogP contribution in [0.5, 0.6) is 0 Å². The van der Waals surface area contributed by atoms with Crippen molar-refractivity contribution >= 4 is 38.8 Å². The molecule has 0 amide bonds. The molecule has 25 heavy (non-hydrogen) atoms. The van der Waals surface area contributed by atoms with Gasteiger partial charge in [-0.3, -0.25) is 4.79 Å². The average Bonchev–Trinajstić information content (AvgIpc) is 2.56. The van der Waals surface area contributed by atoms with Crippen molar-refractivity contribution in [3.05, 3.63) is 52.2 Å². The van der Waals surface area contributed by atoms with E-state index >= 15 is 0 Å². The first kappa shape index (κ1) is 15.8. The minimum absolute atomic E-state index is 0.0613. The normalized spacial score (nSPS) is 16.2. The van der Waals surface area contributed by atoms with Crippen LogP contribution < -0.4 is 16.1 Å². The van der Waals surface area contributed by atoms with E-state index in [4.69, 9.17) is 5.73 Å². The first-order valence-electron chi connectivity index (χ1n) is 8.51. The summed E-state index contributed by atoms with van der Waals surface area (Å²) in [6.45, 7) is 6.52. The molecule has 0 saturated heterocycles. The molecule has 1 aliphatic heterocycles. The largest absolute Gasteiger partial charge is 0.399 e. The van der Waals surface area contributed by atoms with Gasteiger partial charge < -0.3 is 15.2 Å². The highest BCUT2D eigenvalue weighted by molar-refractivity contribution is 6.03. The average molecular weight is 333 g/mol. The Bertz CT molecular complexity index is 1140. The number of anilines is 2. The van der Waals surface area contributed by atoms with Crippen LogP contribution in [0.4, 0.5) is 11.4 Å². The summed E-state index contributed by atoms with van der Waals surface area (Å²) in [4.78, 5) is 15.3. The van der Waals surface area contributed by atoms with Crippen molar-refractivity contribution in [3.63, 3.8) is 0 Å². The summed E-state index contributed by atoms with van der Waals surface area (Å²) in [6, 6.07) is 9.52. The zero-order chi connectivity index (χ0) is 18.1. The van der Waals surface area contributed by atoms with Crippen LogP contribution in [-0.2, 0) is 7.05 Å². The van der Waals surface area contributed by atoms with Gasteiger partial charge in [0.2, 0.25) is 0 Å². The summed E-state index contributed by atoms with van der Waals surface area (Å²) in [7, 11) is 4.11. The third-order valence-electron chi connectivity index (χ3n) is 5.55. The van der Waals surface area contributed by atoms with Crippen LogP contribution in [0.1, 0.15) is 26.3 Å². The number of aryl methyl sites for hydroxylation is 1. The standard InChI is InChI=1S/C21H23N3O/c1-12-11-21(2,3)24(5)16-9-8-15-19(18(12)16)23(4)17-10-13(22)6-7-14(17)20(15)25/h6-11H,22H2,1-5H3. The Kier molecular flexibility index (Phi) is 3.08. The van der Waals surface area contributed by atoms with Crippen LogP contribution in [0.25, 0.3) is 27.4 Å². The molecule has 0 spiro atoms. The maximum Gasteiger partial charge on any atom is 0.197 e. The van der Waals surface area contributed by atoms with Gasteiger partial charge in [-0.15, -0.1) is 0 Å². The first-order chi connectivity index (χ1) is 11.7. The molecular formula is C21H23N3O. The lowest BCUT2D eigenvalue weighted by Crippen LogP contribution is -2.42. The van der Waals surface area contributed by atoms with Crippen molar-refractivity contribution in [3.8, 4) is 0 Å². The van der Waals surface area contributed by atoms with Crippen molar-refractivity contribution in [2.24, 2.45) is 7.05 Å². The van der Waals surface area contributed by atoms with E-state index in [1.54, 1.807) is 6.07 Å². The van der Waals surface area contributed by atoms with E-state index in [-0.39, 0.29) is 11.0 Å². The predicted octanol–water partition coefficient (Wildman–Crippen LogP) is 3.91. The monoisotopic (exact) mass is 333 g/mol. The molecule has 3 aromatic rings. The summed E-state index contributed by atoms with van der Waals surface area (Å²) < 4.78 is 2.10. The van der Waals surface area contributed by atoms with E-state index < -0.39 is 0 Å². The molecule has 0 unspecified atom stereocenters. The number of fused-ring (bicyclic) bond motifs is 4. The molecule has 0 bridgehead atoms. The number of nitrogens with two attached hydrogens (primary N) is 1. The zero-order valence-electron chi connectivity index (χ0n) is 15.3. The molecule has 4 rings (SSSR count). The lowest BCUT2D eigenvalue weighted by Gasteiger charge is -2.41. The van der Waals surface area contributed by atoms with Crippen LogP contribution in [-0.4, -0.2) is 17.2 Å². The van der Waals surface area contributed by atoms with Crippen molar-refractivity contribution in [2.45, 2.75) is 26.3 Å². The fourth-order valence-corrected chi connectivity index (χ4v) is 4.07. The number of hydrogen-bond donors (Lipinski definition) is 1. The van der Waals surface area contributed by atoms with E-state index in [0.29, 0.717) is 11.1 Å². The van der Waals surface area contributed by atoms with Gasteiger partial charge in [0, 0.05) is 41.8 Å². The molecule has 0 aliphatic carbocycles. The Morgan fingerprint density at radius 1 is 1.04 bits per heavy atom. The predicted molar refractivity (Wildman–Crippen MR) is 107 cm³/mol. The van der Waals surface area contributed by atoms with E-state index in [2.05, 4.69) is 49.4 Å². The van der Waals surface area contributed by atoms with Crippen LogP contribution in [0.3, 0.4) is 0 Å². The van der Waals surface area contributed by atoms with Gasteiger partial charge in [-0.1, -0.05) is 6.08 Å². The SMILES string of the molecule is CC1=CC(C)(C)N(C)c2ccc3c(=O)c4ccc(N)cc4n(C)c3c21. The van der Waals surface area contributed by atoms with Gasteiger partial charge in [-0.2, -0.15) is 0 Å². The van der Waals surface area contributed by atoms with Crippen LogP contribution >= 0.6 is 0 Å². The second-order valence-electron chi connectivity index (χ2n) is 7.56. The smallest absolute Gasteiger partial charge is 0.197 e. The van der Waals surface area contributed by atoms with Gasteiger partial charge >= 0.3 is 0 Å². The molecular weight excluding hydrogens is 310 g/mol. The number of benzene rings is 2. The second kappa shape index (κ2) is 4.88. The highest BCUT2D eigenvalue weighted by Gasteiger charge is 2.30. The quantitative estimate of drug-likeness (QED) is 0.501. The summed E-state index contributed by atoms with van der Waals surface area (Å²) in [6.07, 6.45) is 2.27. The molecule has 0 atom stereocenters. The first-order valence-corrected chi connectivity index (χ1v) is 8.51. The van der Waals surface area contributed by atoms with E-state index in [1.165, 1.54) is 5.57 Å². The van der Waals surface area contributed by atoms with Gasteiger partial charge in [0.25, 0.3) is 0 Å². The molecule has 128 valence electrons. The van der Waals surface area contributed by atoms with Crippen molar-refractivity contribution in [2.75, 3.05) is 17.7 Å². The molecule has 0 saturated carbocycles. The van der Waals surface area contributed by atoms with Gasteiger partial charge in [0.15, 0.2) is 5.43 Å². The third kappa shape index (κ3) is 2.03. The molecule has 4 heteroatoms. The molecule has 1 aromatic heterocycles. The number of nitrogen functional groups attached to an aromatic ring is 1. The minimum atomic E-state index is -0.0646. The molecule has 2 N–H and O–H groups in total. The Hall–Kier alpha value is -2.75. The number of hydrogen-bond acceptors (Lipinski definition) is 3. The Morgan fingerprint density at radius 3 is 2.44 bits per heavy atom. The number of rotatable bonds is 0. The lowest BCUT2D eigenvalue weighted by atomic mass is 9.87. The Morgan fingerprint density at radius 2 is 1.72 bits per heavy atom. The number of allylic oxidation sites excluding steroid dienone is 1. The second-order valence-corrected chi connectivity index (χ2v) is 7.56. The van der Waals surface area contributed by atoms with Gasteiger partial charge in [-0.05, 0) is 56.7 Å². The molecule has 0 fully saturated rings. The summed E-state index contributed by atoms with van der Waals surface area (Å²) in [5.41, 5.74) is 11.9. The summed E-state index contributed by atoms with van der Waals surface area (Å²) >= 11 is 0. The van der Waals surface area contributed by atoms with E-state index in [0.717, 1.165) is 27.7 Å². The number of nitrogens with zero attached hydrogens (tertiary/aromatic N) is 2. The Labute approximate surface area is 147 Å². The van der Waals surface area contributed by atoms with E-state index in [1.807, 2.05) is 25.2 Å². The minimum Gasteiger partial charge on any atom is -0.399 e. The molecule has 1 aliphatic rings. The summed E-state index contributed by atoms with van der Waals surface area (Å²) in [5, 5.41) is 1.45. The molecule has 4 nitrogen and oxygen atoms in total. The molecule has 2 heterocycles. The van der Waals surface area contributed by atoms with Crippen molar-refractivity contribution in [1.82, 2.24) is 4.57 Å². The highest BCUT2D eigenvalue weighted by Crippen LogP contribution is 2.41. The maximum atomic E-state index is 13.1. The maximum absolute atomic E-state index is 13.1. The number of likely N-dealkylation sites (N-methyl/N-ethyl adjacent to an activating group) is 1. The zero-order valence-corrected chi connectivity index (χ0v) is 15.3. The molecule has 2 aromatic carbocycles. The fourth-order valence-electron chi connectivity index (χ4n) is 4.07. The van der Waals surface area contributed by atoms with Crippen molar-refractivity contribution in [1.29, 1.82) is 0 Å². The van der Waals surface area contributed by atoms with Crippen LogP contribution in [0.2, 0.25) is 0 Å². The third-order valence-corrected chi connectivity index (χ3v) is 5.55. The Balaban J connectivity index is 2.25. The van der Waals surface area contributed by atoms with Gasteiger partial charge in [0.1, 0.15) is 0 Å². The van der Waals surface area contributed by atoms with E-state index in [9.17, 15) is 4.79 Å². The summed E-state index contributed by atoms with van der Waals surface area (Å²) in [5.74, 6) is 0. The lowest BCUT2D eigenvalue weighted by molar-refractivity contribution is 0.598. The van der Waals surface area contributed by atoms with Crippen LogP contribution in [0.15, 0.2) is 41.2 Å². The number of aromatic nitrogens is 1.